The molecule has 0 bridgehead atoms. The molecule has 2 heterocycles. The van der Waals surface area contributed by atoms with Crippen LogP contribution in [0.2, 0.25) is 0 Å². The molecule has 6 aromatic rings. The van der Waals surface area contributed by atoms with Crippen molar-refractivity contribution < 1.29 is 8.98 Å². The predicted molar refractivity (Wildman–Crippen MR) is 128 cm³/mol. The molecule has 0 atom stereocenters. The van der Waals surface area contributed by atoms with Crippen molar-refractivity contribution in [3.63, 3.8) is 0 Å². The number of rotatable bonds is 3. The molecule has 0 aliphatic carbocycles. The Morgan fingerprint density at radius 2 is 1.16 bits per heavy atom. The van der Waals surface area contributed by atoms with Crippen molar-refractivity contribution >= 4 is 56.0 Å². The van der Waals surface area contributed by atoms with E-state index in [0.717, 1.165) is 38.0 Å². The second-order valence-electron chi connectivity index (χ2n) is 7.53. The van der Waals surface area contributed by atoms with Gasteiger partial charge in [0.05, 0.1) is 10.8 Å². The number of para-hydroxylation sites is 2. The maximum Gasteiger partial charge on any atom is 0.175 e. The number of hydrogen-bond acceptors (Lipinski definition) is 3. The summed E-state index contributed by atoms with van der Waals surface area (Å²) in [6.45, 7) is 0. The molecule has 0 amide bonds. The van der Waals surface area contributed by atoms with Crippen LogP contribution in [0.3, 0.4) is 0 Å². The summed E-state index contributed by atoms with van der Waals surface area (Å²) in [5.41, 5.74) is 2.89. The minimum atomic E-state index is -3.26. The lowest BCUT2D eigenvalue weighted by Gasteiger charge is -2.21. The first kappa shape index (κ1) is 18.1. The normalized spacial score (nSPS) is 12.0. The van der Waals surface area contributed by atoms with E-state index in [1.54, 1.807) is 0 Å². The van der Waals surface area contributed by atoms with Crippen LogP contribution in [0.15, 0.2) is 114 Å². The molecule has 0 fully saturated rings. The minimum Gasteiger partial charge on any atom is -0.454 e. The van der Waals surface area contributed by atoms with Gasteiger partial charge < -0.3 is 8.98 Å². The highest BCUT2D eigenvalue weighted by atomic mass is 31.2. The van der Waals surface area contributed by atoms with Crippen molar-refractivity contribution in [2.24, 2.45) is 0 Å². The van der Waals surface area contributed by atoms with E-state index < -0.39 is 7.14 Å². The van der Waals surface area contributed by atoms with Crippen LogP contribution >= 0.6 is 7.14 Å². The summed E-state index contributed by atoms with van der Waals surface area (Å²) < 4.78 is 21.6. The summed E-state index contributed by atoms with van der Waals surface area (Å²) in [5, 5.41) is 4.04. The van der Waals surface area contributed by atoms with Gasteiger partial charge in [-0.2, -0.15) is 0 Å². The van der Waals surface area contributed by atoms with Crippen molar-refractivity contribution in [1.82, 2.24) is 4.98 Å². The van der Waals surface area contributed by atoms with Crippen LogP contribution in [0.5, 0.6) is 0 Å². The zero-order valence-corrected chi connectivity index (χ0v) is 17.5. The summed E-state index contributed by atoms with van der Waals surface area (Å²) in [6.07, 6.45) is 0. The number of benzene rings is 4. The average molecular weight is 419 g/mol. The molecule has 0 radical (unpaired) electrons. The molecule has 0 unspecified atom stereocenters. The summed E-state index contributed by atoms with van der Waals surface area (Å²) in [7, 11) is -3.26. The molecule has 0 saturated heterocycles. The average Bonchev–Trinajstić information content (AvgIpc) is 3.21. The number of nitrogens with zero attached hydrogens (tertiary/aromatic N) is 1. The maximum absolute atomic E-state index is 15.2. The third-order valence-electron chi connectivity index (χ3n) is 5.73. The zero-order valence-electron chi connectivity index (χ0n) is 16.6. The lowest BCUT2D eigenvalue weighted by molar-refractivity contribution is 0.592. The van der Waals surface area contributed by atoms with Gasteiger partial charge in [0.2, 0.25) is 0 Å². The molecule has 4 aromatic carbocycles. The Morgan fingerprint density at radius 3 is 1.84 bits per heavy atom. The smallest absolute Gasteiger partial charge is 0.175 e. The van der Waals surface area contributed by atoms with Gasteiger partial charge in [-0.3, -0.25) is 0 Å². The van der Waals surface area contributed by atoms with Crippen LogP contribution in [0.1, 0.15) is 0 Å². The van der Waals surface area contributed by atoms with Crippen LogP contribution in [0.25, 0.3) is 33.0 Å². The van der Waals surface area contributed by atoms with Crippen molar-refractivity contribution in [3.8, 4) is 0 Å². The van der Waals surface area contributed by atoms with E-state index in [2.05, 4.69) is 0 Å². The number of pyridine rings is 1. The van der Waals surface area contributed by atoms with E-state index in [1.807, 2.05) is 109 Å². The highest BCUT2D eigenvalue weighted by Crippen LogP contribution is 2.47. The van der Waals surface area contributed by atoms with Crippen molar-refractivity contribution in [2.45, 2.75) is 0 Å². The standard InChI is InChI=1S/C27H18NO2P/c29-31(19-11-3-1-4-12-19,20-13-5-2-6-14-20)27-21-15-7-9-17-23(21)28-25-22-16-8-10-18-24(22)30-26(25)27/h1-18H. The van der Waals surface area contributed by atoms with Gasteiger partial charge in [-0.1, -0.05) is 91.0 Å². The topological polar surface area (TPSA) is 43.1 Å². The van der Waals surface area contributed by atoms with Crippen molar-refractivity contribution in [2.75, 3.05) is 0 Å². The van der Waals surface area contributed by atoms with Gasteiger partial charge in [0, 0.05) is 21.4 Å². The first-order valence-electron chi connectivity index (χ1n) is 10.2. The predicted octanol–water partition coefficient (Wildman–Crippen LogP) is 5.77. The van der Waals surface area contributed by atoms with Gasteiger partial charge in [-0.15, -0.1) is 0 Å². The molecule has 148 valence electrons. The Morgan fingerprint density at radius 1 is 0.613 bits per heavy atom. The zero-order chi connectivity index (χ0) is 20.8. The van der Waals surface area contributed by atoms with Crippen LogP contribution in [-0.2, 0) is 4.57 Å². The Labute approximate surface area is 179 Å². The molecule has 4 heteroatoms. The second kappa shape index (κ2) is 6.94. The number of fused-ring (bicyclic) bond motifs is 4. The summed E-state index contributed by atoms with van der Waals surface area (Å²) in [5.74, 6) is 0. The number of hydrogen-bond donors (Lipinski definition) is 0. The van der Waals surface area contributed by atoms with Gasteiger partial charge in [0.15, 0.2) is 12.7 Å². The highest BCUT2D eigenvalue weighted by Gasteiger charge is 2.35. The number of furan rings is 1. The van der Waals surface area contributed by atoms with Crippen molar-refractivity contribution in [3.05, 3.63) is 109 Å². The largest absolute Gasteiger partial charge is 0.454 e. The first-order chi connectivity index (χ1) is 15.3. The molecule has 6 rings (SSSR count). The SMILES string of the molecule is O=P(c1ccccc1)(c1ccccc1)c1c2ccccc2nc2c1oc1ccccc12. The fourth-order valence-electron chi connectivity index (χ4n) is 4.31. The van der Waals surface area contributed by atoms with E-state index in [9.17, 15) is 0 Å². The van der Waals surface area contributed by atoms with E-state index in [0.29, 0.717) is 10.9 Å². The van der Waals surface area contributed by atoms with E-state index in [-0.39, 0.29) is 0 Å². The molecule has 0 aliphatic heterocycles. The fourth-order valence-corrected chi connectivity index (χ4v) is 7.28. The lowest BCUT2D eigenvalue weighted by atomic mass is 10.2. The third-order valence-corrected chi connectivity index (χ3v) is 8.85. The molecule has 0 saturated carbocycles. The van der Waals surface area contributed by atoms with E-state index >= 15 is 4.57 Å². The maximum atomic E-state index is 15.2. The Bertz CT molecular complexity index is 1560. The summed E-state index contributed by atoms with van der Waals surface area (Å²) in [6, 6.07) is 35.1. The molecular formula is C27H18NO2P. The van der Waals surface area contributed by atoms with Crippen LogP contribution in [0.4, 0.5) is 0 Å². The van der Waals surface area contributed by atoms with Gasteiger partial charge in [0.25, 0.3) is 0 Å². The number of aromatic nitrogens is 1. The summed E-state index contributed by atoms with van der Waals surface area (Å²) in [4.78, 5) is 4.91. The molecule has 3 nitrogen and oxygen atoms in total. The molecule has 0 N–H and O–H groups in total. The van der Waals surface area contributed by atoms with Crippen LogP contribution in [-0.4, -0.2) is 4.98 Å². The molecular weight excluding hydrogens is 401 g/mol. The van der Waals surface area contributed by atoms with Gasteiger partial charge >= 0.3 is 0 Å². The van der Waals surface area contributed by atoms with Crippen LogP contribution in [0, 0.1) is 0 Å². The van der Waals surface area contributed by atoms with Gasteiger partial charge in [-0.25, -0.2) is 4.98 Å². The third kappa shape index (κ3) is 2.67. The van der Waals surface area contributed by atoms with Gasteiger partial charge in [0.1, 0.15) is 11.1 Å². The highest BCUT2D eigenvalue weighted by molar-refractivity contribution is 7.86. The Kier molecular flexibility index (Phi) is 4.05. The lowest BCUT2D eigenvalue weighted by Crippen LogP contribution is -2.26. The molecule has 0 spiro atoms. The van der Waals surface area contributed by atoms with Crippen molar-refractivity contribution in [1.29, 1.82) is 0 Å². The molecule has 31 heavy (non-hydrogen) atoms. The second-order valence-corrected chi connectivity index (χ2v) is 10.2. The fraction of sp³-hybridized carbons (Fsp3) is 0. The van der Waals surface area contributed by atoms with E-state index in [1.165, 1.54) is 0 Å². The minimum absolute atomic E-state index is 0.593. The van der Waals surface area contributed by atoms with E-state index in [4.69, 9.17) is 9.40 Å². The van der Waals surface area contributed by atoms with Crippen LogP contribution < -0.4 is 15.9 Å². The monoisotopic (exact) mass is 419 g/mol. The first-order valence-corrected chi connectivity index (χ1v) is 11.9. The van der Waals surface area contributed by atoms with Gasteiger partial charge in [-0.05, 0) is 18.2 Å². The quantitative estimate of drug-likeness (QED) is 0.342. The Balaban J connectivity index is 1.87. The Hall–Kier alpha value is -3.68. The summed E-state index contributed by atoms with van der Waals surface area (Å²) >= 11 is 0. The molecule has 2 aromatic heterocycles. The molecule has 0 aliphatic rings.